The Morgan fingerprint density at radius 1 is 1.35 bits per heavy atom. The Morgan fingerprint density at radius 2 is 2.08 bits per heavy atom. The third kappa shape index (κ3) is 2.65. The highest BCUT2D eigenvalue weighted by molar-refractivity contribution is 7.17. The topological polar surface area (TPSA) is 105 Å². The van der Waals surface area contributed by atoms with Crippen molar-refractivity contribution >= 4 is 33.2 Å². The number of hydrogen-bond donors (Lipinski definition) is 2. The van der Waals surface area contributed by atoms with Gasteiger partial charge in [-0.2, -0.15) is 5.26 Å². The van der Waals surface area contributed by atoms with Crippen molar-refractivity contribution in [2.45, 2.75) is 19.8 Å². The number of nitriles is 1. The van der Waals surface area contributed by atoms with Crippen LogP contribution < -0.4 is 11.1 Å². The molecule has 0 radical (unpaired) electrons. The van der Waals surface area contributed by atoms with Crippen molar-refractivity contribution in [3.8, 4) is 6.07 Å². The molecule has 132 valence electrons. The SMILES string of the molecule is COC(=O)C1=C(N)NC(C)=C(C(C)=O)C1c1csc2c(C#N)cccc12. The van der Waals surface area contributed by atoms with Crippen molar-refractivity contribution in [3.05, 3.63) is 57.4 Å². The van der Waals surface area contributed by atoms with Crippen LogP contribution in [0.25, 0.3) is 10.1 Å². The van der Waals surface area contributed by atoms with Gasteiger partial charge in [-0.05, 0) is 36.2 Å². The fourth-order valence-electron chi connectivity index (χ4n) is 3.36. The van der Waals surface area contributed by atoms with Crippen LogP contribution in [0.2, 0.25) is 0 Å². The summed E-state index contributed by atoms with van der Waals surface area (Å²) in [6, 6.07) is 7.58. The Morgan fingerprint density at radius 3 is 2.69 bits per heavy atom. The molecule has 0 saturated heterocycles. The molecule has 0 aliphatic carbocycles. The smallest absolute Gasteiger partial charge is 0.338 e. The van der Waals surface area contributed by atoms with E-state index in [0.29, 0.717) is 16.8 Å². The number of nitrogens with two attached hydrogens (primary N) is 1. The van der Waals surface area contributed by atoms with Crippen LogP contribution in [0.4, 0.5) is 0 Å². The summed E-state index contributed by atoms with van der Waals surface area (Å²) in [5.41, 5.74) is 8.65. The van der Waals surface area contributed by atoms with Crippen molar-refractivity contribution in [2.75, 3.05) is 7.11 Å². The Labute approximate surface area is 154 Å². The zero-order valence-electron chi connectivity index (χ0n) is 14.5. The fourth-order valence-corrected chi connectivity index (χ4v) is 4.42. The number of ether oxygens (including phenoxy) is 1. The van der Waals surface area contributed by atoms with E-state index in [9.17, 15) is 14.9 Å². The standard InChI is InChI=1S/C19H17N3O3S/c1-9-14(10(2)23)15(16(18(21)22-9)19(24)25-3)13-8-26-17-11(7-20)5-4-6-12(13)17/h4-6,8,15,22H,21H2,1-3H3. The Balaban J connectivity index is 2.33. The molecule has 3 N–H and O–H groups in total. The largest absolute Gasteiger partial charge is 0.466 e. The van der Waals surface area contributed by atoms with Gasteiger partial charge < -0.3 is 15.8 Å². The van der Waals surface area contributed by atoms with Crippen molar-refractivity contribution in [2.24, 2.45) is 5.73 Å². The summed E-state index contributed by atoms with van der Waals surface area (Å²) in [5, 5.41) is 14.9. The monoisotopic (exact) mass is 367 g/mol. The maximum atomic E-state index is 12.4. The Hall–Kier alpha value is -3.11. The van der Waals surface area contributed by atoms with Gasteiger partial charge in [0.1, 0.15) is 11.9 Å². The molecular weight excluding hydrogens is 350 g/mol. The molecule has 7 heteroatoms. The number of hydrogen-bond acceptors (Lipinski definition) is 7. The summed E-state index contributed by atoms with van der Waals surface area (Å²) in [4.78, 5) is 24.8. The second-order valence-corrected chi connectivity index (χ2v) is 6.84. The number of rotatable bonds is 3. The minimum Gasteiger partial charge on any atom is -0.466 e. The third-order valence-electron chi connectivity index (χ3n) is 4.44. The molecule has 1 aliphatic heterocycles. The van der Waals surface area contributed by atoms with Gasteiger partial charge in [-0.25, -0.2) is 4.79 Å². The summed E-state index contributed by atoms with van der Waals surface area (Å²) < 4.78 is 5.72. The number of esters is 1. The van der Waals surface area contributed by atoms with Crippen LogP contribution >= 0.6 is 11.3 Å². The summed E-state index contributed by atoms with van der Waals surface area (Å²) in [7, 11) is 1.28. The molecule has 1 aliphatic rings. The molecule has 1 aromatic heterocycles. The molecule has 2 aromatic rings. The van der Waals surface area contributed by atoms with E-state index < -0.39 is 11.9 Å². The average molecular weight is 367 g/mol. The van der Waals surface area contributed by atoms with E-state index in [4.69, 9.17) is 10.5 Å². The predicted molar refractivity (Wildman–Crippen MR) is 99.0 cm³/mol. The van der Waals surface area contributed by atoms with E-state index in [1.807, 2.05) is 11.4 Å². The van der Waals surface area contributed by atoms with Gasteiger partial charge >= 0.3 is 5.97 Å². The minimum atomic E-state index is -0.649. The van der Waals surface area contributed by atoms with Gasteiger partial charge in [0.25, 0.3) is 0 Å². The lowest BCUT2D eigenvalue weighted by atomic mass is 9.79. The van der Waals surface area contributed by atoms with Crippen LogP contribution in [-0.4, -0.2) is 18.9 Å². The van der Waals surface area contributed by atoms with Crippen LogP contribution in [0.5, 0.6) is 0 Å². The summed E-state index contributed by atoms with van der Waals surface area (Å²) >= 11 is 1.40. The molecule has 0 bridgehead atoms. The van der Waals surface area contributed by atoms with E-state index in [-0.39, 0.29) is 17.2 Å². The molecule has 1 unspecified atom stereocenters. The zero-order chi connectivity index (χ0) is 19.0. The Bertz CT molecular complexity index is 1040. The second kappa shape index (κ2) is 6.65. The fraction of sp³-hybridized carbons (Fsp3) is 0.211. The molecule has 0 spiro atoms. The number of ketones is 1. The molecule has 1 aromatic carbocycles. The number of Topliss-reactive ketones (excluding diaryl/α,β-unsaturated/α-hetero) is 1. The van der Waals surface area contributed by atoms with Gasteiger partial charge in [-0.15, -0.1) is 11.3 Å². The highest BCUT2D eigenvalue weighted by atomic mass is 32.1. The van der Waals surface area contributed by atoms with E-state index >= 15 is 0 Å². The minimum absolute atomic E-state index is 0.162. The number of allylic oxidation sites excluding steroid dienone is 2. The van der Waals surface area contributed by atoms with Crippen LogP contribution in [0.1, 0.15) is 30.9 Å². The molecule has 0 amide bonds. The first-order valence-corrected chi connectivity index (χ1v) is 8.75. The normalized spacial score (nSPS) is 17.1. The maximum Gasteiger partial charge on any atom is 0.338 e. The van der Waals surface area contributed by atoms with Crippen molar-refractivity contribution < 1.29 is 14.3 Å². The molecule has 2 heterocycles. The van der Waals surface area contributed by atoms with Gasteiger partial charge in [-0.3, -0.25) is 4.79 Å². The van der Waals surface area contributed by atoms with Gasteiger partial charge in [-0.1, -0.05) is 12.1 Å². The molecule has 0 fully saturated rings. The van der Waals surface area contributed by atoms with Crippen LogP contribution in [0.15, 0.2) is 46.2 Å². The molecule has 6 nitrogen and oxygen atoms in total. The van der Waals surface area contributed by atoms with Crippen molar-refractivity contribution in [3.63, 3.8) is 0 Å². The molecular formula is C19H17N3O3S. The number of carbonyl (C=O) groups excluding carboxylic acids is 2. The molecule has 1 atom stereocenters. The van der Waals surface area contributed by atoms with E-state index in [1.165, 1.54) is 25.4 Å². The first kappa shape index (κ1) is 17.7. The van der Waals surface area contributed by atoms with E-state index in [0.717, 1.165) is 15.6 Å². The number of fused-ring (bicyclic) bond motifs is 1. The first-order chi connectivity index (χ1) is 12.4. The molecule has 0 saturated carbocycles. The number of dihydropyridines is 1. The summed E-state index contributed by atoms with van der Waals surface area (Å²) in [6.45, 7) is 3.21. The number of carbonyl (C=O) groups is 2. The second-order valence-electron chi connectivity index (χ2n) is 5.96. The lowest BCUT2D eigenvalue weighted by Crippen LogP contribution is -2.35. The third-order valence-corrected chi connectivity index (χ3v) is 5.49. The molecule has 26 heavy (non-hydrogen) atoms. The van der Waals surface area contributed by atoms with Crippen molar-refractivity contribution in [1.82, 2.24) is 5.32 Å². The van der Waals surface area contributed by atoms with Gasteiger partial charge in [0, 0.05) is 11.3 Å². The van der Waals surface area contributed by atoms with Crippen molar-refractivity contribution in [1.29, 1.82) is 5.26 Å². The summed E-state index contributed by atoms with van der Waals surface area (Å²) in [6.07, 6.45) is 0. The number of nitrogens with zero attached hydrogens (tertiary/aromatic N) is 1. The predicted octanol–water partition coefficient (Wildman–Crippen LogP) is 2.67. The number of thiophene rings is 1. The summed E-state index contributed by atoms with van der Waals surface area (Å²) in [5.74, 6) is -1.24. The average Bonchev–Trinajstić information content (AvgIpc) is 3.03. The lowest BCUT2D eigenvalue weighted by molar-refractivity contribution is -0.136. The van der Waals surface area contributed by atoms with Gasteiger partial charge in [0.2, 0.25) is 0 Å². The van der Waals surface area contributed by atoms with Gasteiger partial charge in [0.15, 0.2) is 5.78 Å². The molecule has 3 rings (SSSR count). The van der Waals surface area contributed by atoms with Gasteiger partial charge in [0.05, 0.1) is 28.9 Å². The van der Waals surface area contributed by atoms with Crippen LogP contribution in [-0.2, 0) is 14.3 Å². The van der Waals surface area contributed by atoms with Crippen LogP contribution in [0, 0.1) is 11.3 Å². The number of methoxy groups -OCH3 is 1. The lowest BCUT2D eigenvalue weighted by Gasteiger charge is -2.29. The highest BCUT2D eigenvalue weighted by Gasteiger charge is 2.37. The van der Waals surface area contributed by atoms with Crippen LogP contribution in [0.3, 0.4) is 0 Å². The number of nitrogens with one attached hydrogen (secondary N) is 1. The Kier molecular flexibility index (Phi) is 4.53. The van der Waals surface area contributed by atoms with E-state index in [2.05, 4.69) is 11.4 Å². The quantitative estimate of drug-likeness (QED) is 0.808. The maximum absolute atomic E-state index is 12.4. The number of benzene rings is 1. The zero-order valence-corrected chi connectivity index (χ0v) is 15.4. The highest BCUT2D eigenvalue weighted by Crippen LogP contribution is 2.43. The first-order valence-electron chi connectivity index (χ1n) is 7.87. The van der Waals surface area contributed by atoms with E-state index in [1.54, 1.807) is 19.1 Å².